The molecule has 0 bridgehead atoms. The first kappa shape index (κ1) is 14.8. The van der Waals surface area contributed by atoms with Crippen LogP contribution in [0.1, 0.15) is 40.5 Å². The third kappa shape index (κ3) is 3.71. The van der Waals surface area contributed by atoms with E-state index < -0.39 is 18.0 Å². The zero-order valence-electron chi connectivity index (χ0n) is 11.4. The van der Waals surface area contributed by atoms with Crippen molar-refractivity contribution >= 4 is 23.7 Å². The second-order valence-electron chi connectivity index (χ2n) is 5.28. The molecule has 0 spiro atoms. The molecule has 1 aromatic carbocycles. The molecular weight excluding hydrogens is 276 g/mol. The number of amides is 2. The fourth-order valence-electron chi connectivity index (χ4n) is 2.32. The van der Waals surface area contributed by atoms with Crippen molar-refractivity contribution in [1.29, 1.82) is 0 Å². The maximum Gasteiger partial charge on any atom is 0.335 e. The number of aromatic carboxylic acids is 2. The van der Waals surface area contributed by atoms with Crippen LogP contribution in [0.4, 0.5) is 10.5 Å². The molecule has 0 aliphatic heterocycles. The van der Waals surface area contributed by atoms with Gasteiger partial charge >= 0.3 is 18.0 Å². The Kier molecular flexibility index (Phi) is 4.11. The molecule has 0 heterocycles. The molecule has 4 N–H and O–H groups in total. The van der Waals surface area contributed by atoms with Crippen LogP contribution in [0.2, 0.25) is 0 Å². The van der Waals surface area contributed by atoms with Crippen LogP contribution in [0.15, 0.2) is 18.2 Å². The Morgan fingerprint density at radius 3 is 2.00 bits per heavy atom. The molecule has 0 unspecified atom stereocenters. The quantitative estimate of drug-likeness (QED) is 0.677. The second kappa shape index (κ2) is 5.82. The minimum atomic E-state index is -1.26. The zero-order chi connectivity index (χ0) is 15.6. The van der Waals surface area contributed by atoms with Gasteiger partial charge in [0.15, 0.2) is 0 Å². The monoisotopic (exact) mass is 292 g/mol. The third-order valence-electron chi connectivity index (χ3n) is 3.39. The Balaban J connectivity index is 2.09. The fraction of sp³-hybridized carbons (Fsp3) is 0.357. The van der Waals surface area contributed by atoms with E-state index in [0.717, 1.165) is 18.9 Å². The number of hydrogen-bond acceptors (Lipinski definition) is 3. The lowest BCUT2D eigenvalue weighted by atomic mass is 9.82. The fourth-order valence-corrected chi connectivity index (χ4v) is 2.32. The number of anilines is 1. The van der Waals surface area contributed by atoms with Gasteiger partial charge in [-0.3, -0.25) is 0 Å². The summed E-state index contributed by atoms with van der Waals surface area (Å²) in [6.45, 7) is 2.09. The highest BCUT2D eigenvalue weighted by molar-refractivity contribution is 5.98. The van der Waals surface area contributed by atoms with Gasteiger partial charge in [0.1, 0.15) is 0 Å². The Bertz CT molecular complexity index is 561. The summed E-state index contributed by atoms with van der Waals surface area (Å²) in [6, 6.07) is 3.13. The molecule has 0 aromatic heterocycles. The Hall–Kier alpha value is -2.57. The summed E-state index contributed by atoms with van der Waals surface area (Å²) in [5.74, 6) is -1.92. The van der Waals surface area contributed by atoms with Gasteiger partial charge in [0, 0.05) is 11.7 Å². The standard InChI is InChI=1S/C14H16N2O5/c1-7-2-10(3-7)15-14(21)16-11-5-8(12(17)18)4-9(6-11)13(19)20/h4-7,10H,2-3H2,1H3,(H,17,18)(H,19,20)(H2,15,16,21). The highest BCUT2D eigenvalue weighted by atomic mass is 16.4. The van der Waals surface area contributed by atoms with Crippen LogP contribution in [0.3, 0.4) is 0 Å². The first-order valence-corrected chi connectivity index (χ1v) is 6.54. The highest BCUT2D eigenvalue weighted by Crippen LogP contribution is 2.26. The molecule has 1 saturated carbocycles. The summed E-state index contributed by atoms with van der Waals surface area (Å²) in [4.78, 5) is 33.7. The average molecular weight is 292 g/mol. The van der Waals surface area contributed by atoms with E-state index in [-0.39, 0.29) is 22.9 Å². The van der Waals surface area contributed by atoms with Gasteiger partial charge < -0.3 is 20.8 Å². The van der Waals surface area contributed by atoms with E-state index in [9.17, 15) is 14.4 Å². The molecule has 7 heteroatoms. The van der Waals surface area contributed by atoms with E-state index in [1.54, 1.807) is 0 Å². The van der Waals surface area contributed by atoms with Gasteiger partial charge in [-0.2, -0.15) is 0 Å². The van der Waals surface area contributed by atoms with Gasteiger partial charge in [-0.25, -0.2) is 14.4 Å². The number of carboxylic acid groups (broad SMARTS) is 2. The summed E-state index contributed by atoms with van der Waals surface area (Å²) >= 11 is 0. The molecule has 112 valence electrons. The van der Waals surface area contributed by atoms with Crippen molar-refractivity contribution < 1.29 is 24.6 Å². The van der Waals surface area contributed by atoms with E-state index in [4.69, 9.17) is 10.2 Å². The van der Waals surface area contributed by atoms with Crippen molar-refractivity contribution in [3.63, 3.8) is 0 Å². The van der Waals surface area contributed by atoms with E-state index >= 15 is 0 Å². The van der Waals surface area contributed by atoms with Crippen molar-refractivity contribution in [3.8, 4) is 0 Å². The number of rotatable bonds is 4. The van der Waals surface area contributed by atoms with E-state index in [2.05, 4.69) is 17.6 Å². The van der Waals surface area contributed by atoms with Gasteiger partial charge in [0.2, 0.25) is 0 Å². The molecule has 1 aromatic rings. The highest BCUT2D eigenvalue weighted by Gasteiger charge is 2.26. The molecule has 7 nitrogen and oxygen atoms in total. The molecule has 2 amide bonds. The molecule has 21 heavy (non-hydrogen) atoms. The molecule has 2 rings (SSSR count). The molecule has 1 aliphatic rings. The van der Waals surface area contributed by atoms with Crippen LogP contribution < -0.4 is 10.6 Å². The van der Waals surface area contributed by atoms with Crippen LogP contribution >= 0.6 is 0 Å². The summed E-state index contributed by atoms with van der Waals surface area (Å²) in [5, 5.41) is 23.1. The Labute approximate surface area is 121 Å². The lowest BCUT2D eigenvalue weighted by Gasteiger charge is -2.33. The van der Waals surface area contributed by atoms with Crippen LogP contribution in [0, 0.1) is 5.92 Å². The summed E-state index contributed by atoms with van der Waals surface area (Å²) in [6.07, 6.45) is 1.81. The Morgan fingerprint density at radius 2 is 1.57 bits per heavy atom. The van der Waals surface area contributed by atoms with Crippen molar-refractivity contribution in [2.24, 2.45) is 5.92 Å². The van der Waals surface area contributed by atoms with E-state index in [1.165, 1.54) is 12.1 Å². The smallest absolute Gasteiger partial charge is 0.335 e. The van der Waals surface area contributed by atoms with Gasteiger partial charge in [-0.15, -0.1) is 0 Å². The zero-order valence-corrected chi connectivity index (χ0v) is 11.4. The van der Waals surface area contributed by atoms with E-state index in [1.807, 2.05) is 0 Å². The number of nitrogens with one attached hydrogen (secondary N) is 2. The third-order valence-corrected chi connectivity index (χ3v) is 3.39. The van der Waals surface area contributed by atoms with Crippen LogP contribution in [-0.2, 0) is 0 Å². The molecule has 0 atom stereocenters. The van der Waals surface area contributed by atoms with Gasteiger partial charge in [0.05, 0.1) is 11.1 Å². The predicted octanol–water partition coefficient (Wildman–Crippen LogP) is 2.00. The topological polar surface area (TPSA) is 116 Å². The Morgan fingerprint density at radius 1 is 1.05 bits per heavy atom. The van der Waals surface area contributed by atoms with Crippen molar-refractivity contribution in [1.82, 2.24) is 5.32 Å². The molecule has 1 fully saturated rings. The van der Waals surface area contributed by atoms with Crippen molar-refractivity contribution in [2.45, 2.75) is 25.8 Å². The van der Waals surface area contributed by atoms with Gasteiger partial charge in [-0.05, 0) is 37.0 Å². The van der Waals surface area contributed by atoms with Gasteiger partial charge in [-0.1, -0.05) is 6.92 Å². The molecular formula is C14H16N2O5. The second-order valence-corrected chi connectivity index (χ2v) is 5.28. The molecule has 0 saturated heterocycles. The van der Waals surface area contributed by atoms with Crippen LogP contribution in [0.25, 0.3) is 0 Å². The van der Waals surface area contributed by atoms with Crippen LogP contribution in [0.5, 0.6) is 0 Å². The summed E-state index contributed by atoms with van der Waals surface area (Å²) in [5.41, 5.74) is -0.248. The average Bonchev–Trinajstić information content (AvgIpc) is 2.36. The van der Waals surface area contributed by atoms with Crippen LogP contribution in [-0.4, -0.2) is 34.2 Å². The minimum absolute atomic E-state index is 0.113. The van der Waals surface area contributed by atoms with Crippen molar-refractivity contribution in [2.75, 3.05) is 5.32 Å². The summed E-state index contributed by atoms with van der Waals surface area (Å²) in [7, 11) is 0. The lowest BCUT2D eigenvalue weighted by Crippen LogP contribution is -2.45. The number of carboxylic acids is 2. The number of urea groups is 1. The van der Waals surface area contributed by atoms with Crippen molar-refractivity contribution in [3.05, 3.63) is 29.3 Å². The molecule has 0 radical (unpaired) electrons. The number of carbonyl (C=O) groups excluding carboxylic acids is 1. The first-order valence-electron chi connectivity index (χ1n) is 6.54. The first-order chi connectivity index (χ1) is 9.85. The molecule has 1 aliphatic carbocycles. The SMILES string of the molecule is CC1CC(NC(=O)Nc2cc(C(=O)O)cc(C(=O)O)c2)C1. The number of benzene rings is 1. The van der Waals surface area contributed by atoms with E-state index in [0.29, 0.717) is 5.92 Å². The maximum atomic E-state index is 11.8. The number of hydrogen-bond donors (Lipinski definition) is 4. The normalized spacial score (nSPS) is 20.2. The number of carbonyl (C=O) groups is 3. The van der Waals surface area contributed by atoms with Gasteiger partial charge in [0.25, 0.3) is 0 Å². The summed E-state index contributed by atoms with van der Waals surface area (Å²) < 4.78 is 0. The minimum Gasteiger partial charge on any atom is -0.478 e. The maximum absolute atomic E-state index is 11.8. The lowest BCUT2D eigenvalue weighted by molar-refractivity contribution is 0.0696. The predicted molar refractivity (Wildman–Crippen MR) is 74.7 cm³/mol. The largest absolute Gasteiger partial charge is 0.478 e.